The lowest BCUT2D eigenvalue weighted by Gasteiger charge is -2.36. The van der Waals surface area contributed by atoms with Gasteiger partial charge in [-0.2, -0.15) is 0 Å². The number of aryl methyl sites for hydroxylation is 1. The van der Waals surface area contributed by atoms with Crippen molar-refractivity contribution in [2.24, 2.45) is 5.73 Å². The summed E-state index contributed by atoms with van der Waals surface area (Å²) in [5.74, 6) is 0.0684. The summed E-state index contributed by atoms with van der Waals surface area (Å²) in [4.78, 5) is 14.1. The van der Waals surface area contributed by atoms with Crippen molar-refractivity contribution < 1.29 is 4.79 Å². The number of benzene rings is 1. The van der Waals surface area contributed by atoms with Gasteiger partial charge < -0.3 is 11.1 Å². The van der Waals surface area contributed by atoms with E-state index in [1.54, 1.807) is 0 Å². The molecule has 1 aromatic rings. The Morgan fingerprint density at radius 3 is 2.86 bits per heavy atom. The highest BCUT2D eigenvalue weighted by Crippen LogP contribution is 2.20. The van der Waals surface area contributed by atoms with Gasteiger partial charge in [-0.15, -0.1) is 12.4 Å². The fourth-order valence-electron chi connectivity index (χ4n) is 2.96. The number of hydrogen-bond acceptors (Lipinski definition) is 3. The third-order valence-corrected chi connectivity index (χ3v) is 4.29. The quantitative estimate of drug-likeness (QED) is 0.843. The fourth-order valence-corrected chi connectivity index (χ4v) is 2.96. The number of hydrogen-bond donors (Lipinski definition) is 2. The van der Waals surface area contributed by atoms with E-state index in [0.717, 1.165) is 26.1 Å². The average molecular weight is 326 g/mol. The standard InChI is InChI=1S/C17H27N3O.ClH/c1-14-6-2-3-7-15(14)13-20-11-5-4-8-16(20)12-19-17(21)9-10-18;/h2-3,6-7,16H,4-5,8-13,18H2,1H3,(H,19,21);1H. The number of rotatable bonds is 6. The molecule has 3 N–H and O–H groups in total. The summed E-state index contributed by atoms with van der Waals surface area (Å²) >= 11 is 0. The molecule has 0 saturated carbocycles. The van der Waals surface area contributed by atoms with Gasteiger partial charge in [-0.05, 0) is 37.4 Å². The average Bonchev–Trinajstić information content (AvgIpc) is 2.49. The molecule has 5 heteroatoms. The van der Waals surface area contributed by atoms with Gasteiger partial charge in [-0.1, -0.05) is 30.7 Å². The largest absolute Gasteiger partial charge is 0.354 e. The maximum atomic E-state index is 11.6. The Morgan fingerprint density at radius 2 is 2.14 bits per heavy atom. The van der Waals surface area contributed by atoms with E-state index in [1.807, 2.05) is 0 Å². The first-order valence-electron chi connectivity index (χ1n) is 7.96. The highest BCUT2D eigenvalue weighted by atomic mass is 35.5. The minimum absolute atomic E-state index is 0. The van der Waals surface area contributed by atoms with E-state index >= 15 is 0 Å². The number of piperidine rings is 1. The van der Waals surface area contributed by atoms with Crippen LogP contribution in [0, 0.1) is 6.92 Å². The predicted molar refractivity (Wildman–Crippen MR) is 93.2 cm³/mol. The molecule has 4 nitrogen and oxygen atoms in total. The van der Waals surface area contributed by atoms with Gasteiger partial charge in [0.25, 0.3) is 0 Å². The number of halogens is 1. The molecule has 124 valence electrons. The maximum absolute atomic E-state index is 11.6. The van der Waals surface area contributed by atoms with Crippen LogP contribution in [0.4, 0.5) is 0 Å². The molecule has 1 unspecified atom stereocenters. The molecule has 2 rings (SSSR count). The fraction of sp³-hybridized carbons (Fsp3) is 0.588. The maximum Gasteiger partial charge on any atom is 0.221 e. The molecule has 1 aromatic carbocycles. The molecule has 1 fully saturated rings. The molecule has 1 heterocycles. The van der Waals surface area contributed by atoms with Crippen LogP contribution < -0.4 is 11.1 Å². The van der Waals surface area contributed by atoms with E-state index in [-0.39, 0.29) is 18.3 Å². The van der Waals surface area contributed by atoms with Gasteiger partial charge in [0, 0.05) is 32.1 Å². The van der Waals surface area contributed by atoms with E-state index in [4.69, 9.17) is 5.73 Å². The van der Waals surface area contributed by atoms with E-state index < -0.39 is 0 Å². The SMILES string of the molecule is Cc1ccccc1CN1CCCCC1CNC(=O)CCN.Cl. The molecule has 1 atom stereocenters. The van der Waals surface area contributed by atoms with Crippen molar-refractivity contribution in [3.63, 3.8) is 0 Å². The van der Waals surface area contributed by atoms with Gasteiger partial charge in [-0.25, -0.2) is 0 Å². The van der Waals surface area contributed by atoms with Crippen LogP contribution in [0.2, 0.25) is 0 Å². The summed E-state index contributed by atoms with van der Waals surface area (Å²) in [5.41, 5.74) is 8.14. The number of carbonyl (C=O) groups excluding carboxylic acids is 1. The molecule has 1 saturated heterocycles. The predicted octanol–water partition coefficient (Wildman–Crippen LogP) is 2.24. The van der Waals surface area contributed by atoms with Gasteiger partial charge in [0.05, 0.1) is 0 Å². The highest BCUT2D eigenvalue weighted by Gasteiger charge is 2.23. The second kappa shape index (κ2) is 9.82. The summed E-state index contributed by atoms with van der Waals surface area (Å²) in [6, 6.07) is 9.00. The van der Waals surface area contributed by atoms with E-state index in [2.05, 4.69) is 41.4 Å². The molecule has 0 spiro atoms. The summed E-state index contributed by atoms with van der Waals surface area (Å²) in [5, 5.41) is 3.02. The number of likely N-dealkylation sites (tertiary alicyclic amines) is 1. The van der Waals surface area contributed by atoms with Gasteiger partial charge in [-0.3, -0.25) is 9.69 Å². The second-order valence-electron chi connectivity index (χ2n) is 5.89. The Balaban J connectivity index is 0.00000242. The lowest BCUT2D eigenvalue weighted by atomic mass is 10.00. The smallest absolute Gasteiger partial charge is 0.221 e. The third kappa shape index (κ3) is 5.59. The summed E-state index contributed by atoms with van der Waals surface area (Å²) in [7, 11) is 0. The summed E-state index contributed by atoms with van der Waals surface area (Å²) in [6.07, 6.45) is 4.08. The van der Waals surface area contributed by atoms with Crippen molar-refractivity contribution in [3.05, 3.63) is 35.4 Å². The van der Waals surface area contributed by atoms with Crippen LogP contribution in [0.15, 0.2) is 24.3 Å². The molecule has 0 aromatic heterocycles. The van der Waals surface area contributed by atoms with Crippen LogP contribution in [0.5, 0.6) is 0 Å². The van der Waals surface area contributed by atoms with Gasteiger partial charge in [0.2, 0.25) is 5.91 Å². The number of carbonyl (C=O) groups is 1. The number of nitrogens with zero attached hydrogens (tertiary/aromatic N) is 1. The van der Waals surface area contributed by atoms with Crippen molar-refractivity contribution >= 4 is 18.3 Å². The Hall–Kier alpha value is -1.10. The first-order chi connectivity index (χ1) is 10.2. The Morgan fingerprint density at radius 1 is 1.36 bits per heavy atom. The van der Waals surface area contributed by atoms with Gasteiger partial charge in [0.1, 0.15) is 0 Å². The minimum Gasteiger partial charge on any atom is -0.354 e. The van der Waals surface area contributed by atoms with Gasteiger partial charge >= 0.3 is 0 Å². The highest BCUT2D eigenvalue weighted by molar-refractivity contribution is 5.85. The molecule has 0 bridgehead atoms. The first kappa shape index (κ1) is 18.9. The van der Waals surface area contributed by atoms with E-state index in [1.165, 1.54) is 24.0 Å². The first-order valence-corrected chi connectivity index (χ1v) is 7.96. The third-order valence-electron chi connectivity index (χ3n) is 4.29. The van der Waals surface area contributed by atoms with E-state index in [0.29, 0.717) is 19.0 Å². The van der Waals surface area contributed by atoms with Crippen molar-refractivity contribution in [1.29, 1.82) is 0 Å². The Labute approximate surface area is 139 Å². The van der Waals surface area contributed by atoms with Crippen LogP contribution in [-0.4, -0.2) is 36.5 Å². The lowest BCUT2D eigenvalue weighted by molar-refractivity contribution is -0.121. The van der Waals surface area contributed by atoms with Crippen LogP contribution in [0.1, 0.15) is 36.8 Å². The normalized spacial score (nSPS) is 18.5. The zero-order valence-corrected chi connectivity index (χ0v) is 14.2. The lowest BCUT2D eigenvalue weighted by Crippen LogP contribution is -2.46. The molecular formula is C17H28ClN3O. The molecule has 0 radical (unpaired) electrons. The van der Waals surface area contributed by atoms with Crippen molar-refractivity contribution in [2.75, 3.05) is 19.6 Å². The van der Waals surface area contributed by atoms with Crippen LogP contribution >= 0.6 is 12.4 Å². The van der Waals surface area contributed by atoms with Gasteiger partial charge in [0.15, 0.2) is 0 Å². The molecule has 1 amide bonds. The van der Waals surface area contributed by atoms with Crippen LogP contribution in [-0.2, 0) is 11.3 Å². The monoisotopic (exact) mass is 325 g/mol. The Bertz CT molecular complexity index is 467. The molecule has 0 aliphatic carbocycles. The van der Waals surface area contributed by atoms with Crippen molar-refractivity contribution in [1.82, 2.24) is 10.2 Å². The number of nitrogens with one attached hydrogen (secondary N) is 1. The molecule has 22 heavy (non-hydrogen) atoms. The number of nitrogens with two attached hydrogens (primary N) is 1. The summed E-state index contributed by atoms with van der Waals surface area (Å²) < 4.78 is 0. The van der Waals surface area contributed by atoms with Crippen LogP contribution in [0.25, 0.3) is 0 Å². The van der Waals surface area contributed by atoms with Crippen molar-refractivity contribution in [3.8, 4) is 0 Å². The summed E-state index contributed by atoms with van der Waals surface area (Å²) in [6.45, 7) is 5.42. The van der Waals surface area contributed by atoms with Crippen LogP contribution in [0.3, 0.4) is 0 Å². The van der Waals surface area contributed by atoms with Crippen molar-refractivity contribution in [2.45, 2.75) is 45.2 Å². The topological polar surface area (TPSA) is 58.4 Å². The zero-order valence-electron chi connectivity index (χ0n) is 13.4. The van der Waals surface area contributed by atoms with E-state index in [9.17, 15) is 4.79 Å². The zero-order chi connectivity index (χ0) is 15.1. The number of amides is 1. The molecule has 1 aliphatic heterocycles. The Kier molecular flexibility index (Phi) is 8.46. The molecular weight excluding hydrogens is 298 g/mol. The minimum atomic E-state index is 0. The molecule has 1 aliphatic rings. The second-order valence-corrected chi connectivity index (χ2v) is 5.89.